The van der Waals surface area contributed by atoms with Crippen molar-refractivity contribution in [3.05, 3.63) is 36.4 Å². The van der Waals surface area contributed by atoms with Crippen molar-refractivity contribution < 1.29 is 23.5 Å². The van der Waals surface area contributed by atoms with Crippen molar-refractivity contribution in [2.45, 2.75) is 30.9 Å². The number of allylic oxidation sites excluding steroid dienone is 1. The number of hydrogen-bond donors (Lipinski definition) is 4. The minimum absolute atomic E-state index is 0.0504. The highest BCUT2D eigenvalue weighted by atomic mass is 32.2. The molecule has 4 N–H and O–H groups in total. The monoisotopic (exact) mass is 330 g/mol. The van der Waals surface area contributed by atoms with Crippen LogP contribution in [0.3, 0.4) is 0 Å². The zero-order valence-electron chi connectivity index (χ0n) is 12.6. The number of rotatable bonds is 9. The lowest BCUT2D eigenvalue weighted by Gasteiger charge is -2.20. The van der Waals surface area contributed by atoms with E-state index in [0.717, 1.165) is 0 Å². The molecular formula is C14H22N2O5S. The van der Waals surface area contributed by atoms with E-state index < -0.39 is 22.2 Å². The van der Waals surface area contributed by atoms with Crippen molar-refractivity contribution in [3.8, 4) is 5.75 Å². The van der Waals surface area contributed by atoms with Crippen LogP contribution < -0.4 is 14.9 Å². The molecule has 2 atom stereocenters. The summed E-state index contributed by atoms with van der Waals surface area (Å²) in [6.07, 6.45) is 2.73. The van der Waals surface area contributed by atoms with Crippen molar-refractivity contribution in [3.63, 3.8) is 0 Å². The Hall–Kier alpha value is -1.45. The van der Waals surface area contributed by atoms with E-state index in [1.807, 2.05) is 24.6 Å². The molecule has 1 aromatic rings. The lowest BCUT2D eigenvalue weighted by molar-refractivity contribution is 0.107. The molecule has 0 fully saturated rings. The smallest absolute Gasteiger partial charge is 0.240 e. The van der Waals surface area contributed by atoms with Crippen LogP contribution in [0.4, 0.5) is 0 Å². The highest BCUT2D eigenvalue weighted by molar-refractivity contribution is 7.89. The Kier molecular flexibility index (Phi) is 7.49. The van der Waals surface area contributed by atoms with Gasteiger partial charge in [0.25, 0.3) is 0 Å². The molecule has 0 spiro atoms. The Labute approximate surface area is 130 Å². The highest BCUT2D eigenvalue weighted by Gasteiger charge is 2.23. The summed E-state index contributed by atoms with van der Waals surface area (Å²) in [6.45, 7) is 3.61. The van der Waals surface area contributed by atoms with Crippen LogP contribution in [0, 0.1) is 0 Å². The Bertz CT molecular complexity index is 569. The molecule has 7 nitrogen and oxygen atoms in total. The van der Waals surface area contributed by atoms with Crippen LogP contribution in [0.2, 0.25) is 0 Å². The van der Waals surface area contributed by atoms with Crippen molar-refractivity contribution in [1.29, 1.82) is 0 Å². The summed E-state index contributed by atoms with van der Waals surface area (Å²) in [6, 6.07) is 5.09. The number of benzene rings is 1. The van der Waals surface area contributed by atoms with Gasteiger partial charge in [0.1, 0.15) is 12.4 Å². The molecule has 22 heavy (non-hydrogen) atoms. The van der Waals surface area contributed by atoms with Crippen LogP contribution in [0.25, 0.3) is 0 Å². The molecule has 124 valence electrons. The van der Waals surface area contributed by atoms with Gasteiger partial charge in [0.2, 0.25) is 10.0 Å². The van der Waals surface area contributed by atoms with Gasteiger partial charge in [0, 0.05) is 6.54 Å². The minimum Gasteiger partial charge on any atom is -0.490 e. The van der Waals surface area contributed by atoms with E-state index in [4.69, 9.17) is 9.94 Å². The molecule has 0 bridgehead atoms. The van der Waals surface area contributed by atoms with E-state index in [1.165, 1.54) is 19.1 Å². The summed E-state index contributed by atoms with van der Waals surface area (Å²) >= 11 is 0. The predicted molar refractivity (Wildman–Crippen MR) is 82.3 cm³/mol. The van der Waals surface area contributed by atoms with Gasteiger partial charge in [-0.2, -0.15) is 0 Å². The maximum atomic E-state index is 12.2. The first-order valence-electron chi connectivity index (χ1n) is 6.82. The molecule has 8 heteroatoms. The first kappa shape index (κ1) is 18.6. The molecular weight excluding hydrogens is 308 g/mol. The summed E-state index contributed by atoms with van der Waals surface area (Å²) in [7, 11) is -3.80. The fourth-order valence-electron chi connectivity index (χ4n) is 1.63. The Morgan fingerprint density at radius 1 is 1.32 bits per heavy atom. The van der Waals surface area contributed by atoms with Gasteiger partial charge >= 0.3 is 0 Å². The van der Waals surface area contributed by atoms with Crippen molar-refractivity contribution in [2.75, 3.05) is 13.2 Å². The van der Waals surface area contributed by atoms with Gasteiger partial charge < -0.3 is 15.1 Å². The van der Waals surface area contributed by atoms with Gasteiger partial charge in [0.15, 0.2) is 0 Å². The molecule has 1 rings (SSSR count). The quantitative estimate of drug-likeness (QED) is 0.391. The molecule has 0 radical (unpaired) electrons. The van der Waals surface area contributed by atoms with Gasteiger partial charge in [-0.25, -0.2) is 18.6 Å². The first-order valence-corrected chi connectivity index (χ1v) is 8.30. The average molecular weight is 330 g/mol. The summed E-state index contributed by atoms with van der Waals surface area (Å²) in [5.41, 5.74) is 1.85. The molecule has 0 heterocycles. The predicted octanol–water partition coefficient (Wildman–Crippen LogP) is 0.648. The van der Waals surface area contributed by atoms with Gasteiger partial charge in [-0.15, -0.1) is 0 Å². The number of aliphatic hydroxyl groups excluding tert-OH is 1. The van der Waals surface area contributed by atoms with Gasteiger partial charge in [-0.1, -0.05) is 12.2 Å². The molecule has 0 aliphatic rings. The molecule has 0 aliphatic carbocycles. The fourth-order valence-corrected chi connectivity index (χ4v) is 2.94. The Morgan fingerprint density at radius 3 is 2.45 bits per heavy atom. The second kappa shape index (κ2) is 8.86. The maximum absolute atomic E-state index is 12.2. The lowest BCUT2D eigenvalue weighted by atomic mass is 10.2. The van der Waals surface area contributed by atoms with Crippen LogP contribution in [0.1, 0.15) is 13.8 Å². The summed E-state index contributed by atoms with van der Waals surface area (Å²) < 4.78 is 32.1. The van der Waals surface area contributed by atoms with E-state index in [2.05, 4.69) is 4.72 Å². The number of ether oxygens (including phenoxy) is 1. The largest absolute Gasteiger partial charge is 0.490 e. The normalized spacial score (nSPS) is 14.9. The Morgan fingerprint density at radius 2 is 1.95 bits per heavy atom. The van der Waals surface area contributed by atoms with E-state index in [-0.39, 0.29) is 11.4 Å². The number of nitrogens with one attached hydrogen (secondary N) is 2. The zero-order chi connectivity index (χ0) is 16.6. The summed E-state index contributed by atoms with van der Waals surface area (Å²) in [5, 5.41) is 18.2. The summed E-state index contributed by atoms with van der Waals surface area (Å²) in [5.74, 6) is 0.557. The fraction of sp³-hybridized carbons (Fsp3) is 0.429. The molecule has 0 aromatic heterocycles. The molecule has 0 saturated heterocycles. The third kappa shape index (κ3) is 5.74. The highest BCUT2D eigenvalue weighted by Crippen LogP contribution is 2.16. The number of sulfonamides is 1. The van der Waals surface area contributed by atoms with Gasteiger partial charge in [-0.3, -0.25) is 0 Å². The number of hydroxylamine groups is 1. The van der Waals surface area contributed by atoms with E-state index in [9.17, 15) is 13.5 Å². The molecule has 1 aromatic carbocycles. The van der Waals surface area contributed by atoms with Crippen LogP contribution >= 0.6 is 0 Å². The molecule has 0 aliphatic heterocycles. The van der Waals surface area contributed by atoms with Gasteiger partial charge in [0.05, 0.1) is 17.0 Å². The first-order chi connectivity index (χ1) is 10.4. The second-order valence-corrected chi connectivity index (χ2v) is 6.40. The molecule has 0 saturated carbocycles. The zero-order valence-corrected chi connectivity index (χ0v) is 13.4. The van der Waals surface area contributed by atoms with Crippen LogP contribution in [-0.2, 0) is 10.0 Å². The number of aliphatic hydroxyl groups is 1. The Balaban J connectivity index is 2.80. The van der Waals surface area contributed by atoms with E-state index in [1.54, 1.807) is 12.1 Å². The van der Waals surface area contributed by atoms with Crippen molar-refractivity contribution in [2.24, 2.45) is 0 Å². The third-order valence-corrected chi connectivity index (χ3v) is 4.42. The average Bonchev–Trinajstić information content (AvgIpc) is 2.47. The number of hydrogen-bond acceptors (Lipinski definition) is 6. The molecule has 0 amide bonds. The van der Waals surface area contributed by atoms with Crippen LogP contribution in [0.15, 0.2) is 41.3 Å². The SMILES string of the molecule is CC=CCOc1ccc(S(=O)(=O)NC(CNO)[C@H](C)O)cc1. The molecule has 1 unspecified atom stereocenters. The van der Waals surface area contributed by atoms with E-state index >= 15 is 0 Å². The summed E-state index contributed by atoms with van der Waals surface area (Å²) in [4.78, 5) is 0.0504. The lowest BCUT2D eigenvalue weighted by Crippen LogP contribution is -2.47. The minimum atomic E-state index is -3.80. The van der Waals surface area contributed by atoms with Crippen molar-refractivity contribution in [1.82, 2.24) is 10.2 Å². The third-order valence-electron chi connectivity index (χ3n) is 2.92. The second-order valence-electron chi connectivity index (χ2n) is 4.68. The van der Waals surface area contributed by atoms with Crippen LogP contribution in [-0.4, -0.2) is 44.0 Å². The topological polar surface area (TPSA) is 108 Å². The standard InChI is InChI=1S/C14H22N2O5S/c1-3-4-9-21-12-5-7-13(8-6-12)22(19,20)16-14(10-15-18)11(2)17/h3-8,11,14-18H,9-10H2,1-2H3/t11-,14?/m0/s1. The van der Waals surface area contributed by atoms with Crippen LogP contribution in [0.5, 0.6) is 5.75 Å². The van der Waals surface area contributed by atoms with Gasteiger partial charge in [-0.05, 0) is 38.1 Å². The maximum Gasteiger partial charge on any atom is 0.240 e. The van der Waals surface area contributed by atoms with Crippen molar-refractivity contribution >= 4 is 10.0 Å². The van der Waals surface area contributed by atoms with E-state index in [0.29, 0.717) is 12.4 Å².